The molecule has 0 spiro atoms. The zero-order chi connectivity index (χ0) is 22.2. The highest BCUT2D eigenvalue weighted by molar-refractivity contribution is 6.01. The maximum absolute atomic E-state index is 12.4. The summed E-state index contributed by atoms with van der Waals surface area (Å²) >= 11 is 0. The Labute approximate surface area is 189 Å². The number of rotatable bonds is 18. The van der Waals surface area contributed by atoms with Crippen molar-refractivity contribution in [1.29, 1.82) is 0 Å². The summed E-state index contributed by atoms with van der Waals surface area (Å²) in [5, 5.41) is 1.22. The summed E-state index contributed by atoms with van der Waals surface area (Å²) in [5.41, 5.74) is 0.943. The lowest BCUT2D eigenvalue weighted by molar-refractivity contribution is -0.132. The summed E-state index contributed by atoms with van der Waals surface area (Å²) in [5.74, 6) is -0.199. The summed E-state index contributed by atoms with van der Waals surface area (Å²) in [7, 11) is 0. The van der Waals surface area contributed by atoms with Crippen LogP contribution in [0.2, 0.25) is 0 Å². The summed E-state index contributed by atoms with van der Waals surface area (Å²) < 4.78 is 0. The van der Waals surface area contributed by atoms with Crippen LogP contribution in [0.15, 0.2) is 30.3 Å². The molecule has 0 aromatic heterocycles. The zero-order valence-corrected chi connectivity index (χ0v) is 19.5. The third-order valence-corrected chi connectivity index (χ3v) is 5.95. The molecule has 1 heterocycles. The molecule has 0 saturated carbocycles. The average Bonchev–Trinajstić information content (AvgIpc) is 3.04. The molecular weight excluding hydrogens is 388 g/mol. The van der Waals surface area contributed by atoms with Crippen LogP contribution in [0.5, 0.6) is 0 Å². The van der Waals surface area contributed by atoms with Gasteiger partial charge < -0.3 is 0 Å². The molecule has 0 atom stereocenters. The molecule has 5 heteroatoms. The second kappa shape index (κ2) is 15.9. The lowest BCUT2D eigenvalue weighted by Crippen LogP contribution is -2.32. The quantitative estimate of drug-likeness (QED) is 0.189. The van der Waals surface area contributed by atoms with Gasteiger partial charge in [0.2, 0.25) is 0 Å². The summed E-state index contributed by atoms with van der Waals surface area (Å²) in [6.07, 6.45) is 18.3. The van der Waals surface area contributed by atoms with Crippen LogP contribution in [-0.4, -0.2) is 35.1 Å². The maximum atomic E-state index is 12.4. The van der Waals surface area contributed by atoms with Gasteiger partial charge in [-0.05, 0) is 12.0 Å². The molecule has 0 aliphatic carbocycles. The smallest absolute Gasteiger partial charge is 0.272 e. The first kappa shape index (κ1) is 25.4. The van der Waals surface area contributed by atoms with Gasteiger partial charge in [0.1, 0.15) is 6.54 Å². The number of imide groups is 1. The van der Waals surface area contributed by atoms with Gasteiger partial charge in [-0.2, -0.15) is 5.06 Å². The van der Waals surface area contributed by atoms with Gasteiger partial charge in [0, 0.05) is 0 Å². The van der Waals surface area contributed by atoms with Crippen molar-refractivity contribution in [2.45, 2.75) is 103 Å². The highest BCUT2D eigenvalue weighted by Crippen LogP contribution is 2.16. The Morgan fingerprint density at radius 3 is 1.81 bits per heavy atom. The molecule has 1 aliphatic heterocycles. The minimum atomic E-state index is -0.348. The number of hydrogen-bond donors (Lipinski definition) is 0. The van der Waals surface area contributed by atoms with E-state index in [1.165, 1.54) is 87.0 Å². The molecule has 1 saturated heterocycles. The van der Waals surface area contributed by atoms with E-state index in [4.69, 9.17) is 4.84 Å². The first-order valence-electron chi connectivity index (χ1n) is 12.5. The Kier molecular flexibility index (Phi) is 13.0. The third kappa shape index (κ3) is 10.3. The molecule has 3 amide bonds. The molecule has 0 N–H and O–H groups in total. The Bertz CT molecular complexity index is 620. The average molecular weight is 431 g/mol. The molecule has 31 heavy (non-hydrogen) atoms. The Morgan fingerprint density at radius 1 is 0.742 bits per heavy atom. The summed E-state index contributed by atoms with van der Waals surface area (Å²) in [6, 6.07) is 9.22. The van der Waals surface area contributed by atoms with Crippen LogP contribution in [0.25, 0.3) is 0 Å². The van der Waals surface area contributed by atoms with E-state index in [2.05, 4.69) is 6.92 Å². The van der Waals surface area contributed by atoms with Crippen LogP contribution < -0.4 is 0 Å². The minimum Gasteiger partial charge on any atom is -0.272 e. The highest BCUT2D eigenvalue weighted by Gasteiger charge is 2.36. The number of amides is 3. The molecule has 1 aromatic carbocycles. The number of unbranched alkanes of at least 4 members (excludes halogenated alkanes) is 13. The van der Waals surface area contributed by atoms with E-state index in [9.17, 15) is 9.59 Å². The molecule has 1 aromatic rings. The van der Waals surface area contributed by atoms with Gasteiger partial charge in [0.15, 0.2) is 0 Å². The number of urea groups is 1. The Morgan fingerprint density at radius 2 is 1.26 bits per heavy atom. The molecule has 5 nitrogen and oxygen atoms in total. The predicted octanol–water partition coefficient (Wildman–Crippen LogP) is 6.86. The van der Waals surface area contributed by atoms with E-state index in [1.807, 2.05) is 30.3 Å². The number of benzene rings is 1. The van der Waals surface area contributed by atoms with E-state index in [-0.39, 0.29) is 18.5 Å². The molecule has 0 radical (unpaired) electrons. The van der Waals surface area contributed by atoms with Crippen LogP contribution in [0.4, 0.5) is 4.79 Å². The summed E-state index contributed by atoms with van der Waals surface area (Å²) in [4.78, 5) is 31.4. The van der Waals surface area contributed by atoms with Crippen LogP contribution >= 0.6 is 0 Å². The van der Waals surface area contributed by atoms with E-state index in [1.54, 1.807) is 0 Å². The lowest BCUT2D eigenvalue weighted by Gasteiger charge is -2.16. The zero-order valence-electron chi connectivity index (χ0n) is 19.5. The second-order valence-corrected chi connectivity index (χ2v) is 8.71. The van der Waals surface area contributed by atoms with E-state index >= 15 is 0 Å². The second-order valence-electron chi connectivity index (χ2n) is 8.71. The fraction of sp³-hybridized carbons (Fsp3) is 0.692. The topological polar surface area (TPSA) is 49.9 Å². The van der Waals surface area contributed by atoms with Crippen molar-refractivity contribution >= 4 is 11.9 Å². The monoisotopic (exact) mass is 430 g/mol. The minimum absolute atomic E-state index is 0.0181. The predicted molar refractivity (Wildman–Crippen MR) is 125 cm³/mol. The largest absolute Gasteiger partial charge is 0.351 e. The first-order valence-corrected chi connectivity index (χ1v) is 12.5. The molecule has 1 fully saturated rings. The van der Waals surface area contributed by atoms with Crippen molar-refractivity contribution in [2.24, 2.45) is 0 Å². The first-order chi connectivity index (χ1) is 15.2. The fourth-order valence-electron chi connectivity index (χ4n) is 4.01. The maximum Gasteiger partial charge on any atom is 0.351 e. The fourth-order valence-corrected chi connectivity index (χ4v) is 4.01. The lowest BCUT2D eigenvalue weighted by atomic mass is 10.0. The van der Waals surface area contributed by atoms with Crippen LogP contribution in [0.1, 0.15) is 102 Å². The van der Waals surface area contributed by atoms with Crippen LogP contribution in [0.3, 0.4) is 0 Å². The van der Waals surface area contributed by atoms with E-state index < -0.39 is 0 Å². The van der Waals surface area contributed by atoms with Crippen molar-refractivity contribution in [1.82, 2.24) is 9.96 Å². The Balaban J connectivity index is 1.42. The van der Waals surface area contributed by atoms with Crippen LogP contribution in [-0.2, 0) is 16.2 Å². The number of hydroxylamine groups is 2. The number of carbonyl (C=O) groups is 2. The number of nitrogens with zero attached hydrogens (tertiary/aromatic N) is 2. The van der Waals surface area contributed by atoms with Gasteiger partial charge in [0.05, 0.1) is 13.2 Å². The van der Waals surface area contributed by atoms with Crippen molar-refractivity contribution in [3.8, 4) is 0 Å². The molecule has 0 unspecified atom stereocenters. The number of hydrogen-bond acceptors (Lipinski definition) is 3. The van der Waals surface area contributed by atoms with Gasteiger partial charge in [-0.15, -0.1) is 0 Å². The summed E-state index contributed by atoms with van der Waals surface area (Å²) in [6.45, 7) is 3.09. The van der Waals surface area contributed by atoms with Crippen molar-refractivity contribution in [2.75, 3.05) is 13.2 Å². The van der Waals surface area contributed by atoms with E-state index in [0.29, 0.717) is 13.2 Å². The molecule has 2 rings (SSSR count). The van der Waals surface area contributed by atoms with Crippen molar-refractivity contribution < 1.29 is 14.4 Å². The SMILES string of the molecule is CCCCCCCCCCCCCCCCON1CC(=O)N(Cc2ccccc2)C1=O. The van der Waals surface area contributed by atoms with Gasteiger partial charge >= 0.3 is 6.03 Å². The third-order valence-electron chi connectivity index (χ3n) is 5.95. The standard InChI is InChI=1S/C26H42N2O3/c1-2-3-4-5-6-7-8-9-10-11-12-13-14-18-21-31-28-23-25(29)27(26(28)30)22-24-19-16-15-17-20-24/h15-17,19-20H,2-14,18,21-23H2,1H3. The molecular formula is C26H42N2O3. The Hall–Kier alpha value is -1.88. The normalized spacial score (nSPS) is 14.1. The van der Waals surface area contributed by atoms with Crippen molar-refractivity contribution in [3.05, 3.63) is 35.9 Å². The van der Waals surface area contributed by atoms with E-state index in [0.717, 1.165) is 18.4 Å². The van der Waals surface area contributed by atoms with Gasteiger partial charge in [-0.3, -0.25) is 14.5 Å². The molecule has 1 aliphatic rings. The van der Waals surface area contributed by atoms with Crippen molar-refractivity contribution in [3.63, 3.8) is 0 Å². The molecule has 174 valence electrons. The highest BCUT2D eigenvalue weighted by atomic mass is 16.7. The van der Waals surface area contributed by atoms with Gasteiger partial charge in [-0.1, -0.05) is 121 Å². The molecule has 0 bridgehead atoms. The van der Waals surface area contributed by atoms with Gasteiger partial charge in [0.25, 0.3) is 5.91 Å². The van der Waals surface area contributed by atoms with Crippen LogP contribution in [0, 0.1) is 0 Å². The number of carbonyl (C=O) groups excluding carboxylic acids is 2. The van der Waals surface area contributed by atoms with Gasteiger partial charge in [-0.25, -0.2) is 4.79 Å².